The molecule has 4 heteroatoms. The molecule has 1 aliphatic rings. The Balaban J connectivity index is 2.03. The van der Waals surface area contributed by atoms with Crippen LogP contribution in [-0.2, 0) is 13.1 Å². The first-order chi connectivity index (χ1) is 8.24. The van der Waals surface area contributed by atoms with Gasteiger partial charge in [0, 0.05) is 24.8 Å². The van der Waals surface area contributed by atoms with Gasteiger partial charge in [0.25, 0.3) is 0 Å². The highest BCUT2D eigenvalue weighted by atomic mass is 19.1. The maximum absolute atomic E-state index is 13.5. The molecule has 0 spiro atoms. The molecule has 2 aromatic rings. The minimum absolute atomic E-state index is 0.174. The van der Waals surface area contributed by atoms with Gasteiger partial charge in [-0.05, 0) is 18.6 Å². The third-order valence-electron chi connectivity index (χ3n) is 3.14. The van der Waals surface area contributed by atoms with Crippen molar-refractivity contribution in [2.24, 2.45) is 0 Å². The fourth-order valence-corrected chi connectivity index (χ4v) is 2.08. The van der Waals surface area contributed by atoms with Crippen LogP contribution in [0.4, 0.5) is 4.39 Å². The summed E-state index contributed by atoms with van der Waals surface area (Å²) in [5.41, 5.74) is 2.36. The highest BCUT2D eigenvalue weighted by Gasteiger charge is 2.13. The summed E-state index contributed by atoms with van der Waals surface area (Å²) in [7, 11) is 0. The van der Waals surface area contributed by atoms with E-state index in [1.54, 1.807) is 19.1 Å². The molecular formula is C13H14FN3. The van der Waals surface area contributed by atoms with Crippen molar-refractivity contribution >= 4 is 0 Å². The highest BCUT2D eigenvalue weighted by molar-refractivity contribution is 5.59. The van der Waals surface area contributed by atoms with Gasteiger partial charge in [-0.15, -0.1) is 0 Å². The van der Waals surface area contributed by atoms with Crippen LogP contribution in [0, 0.1) is 12.7 Å². The molecule has 2 heterocycles. The SMILES string of the molecule is Cc1ccc(-c2cn3c(n2)CNCC3)cc1F. The van der Waals surface area contributed by atoms with Crippen LogP contribution in [0.15, 0.2) is 24.4 Å². The van der Waals surface area contributed by atoms with Gasteiger partial charge in [-0.2, -0.15) is 0 Å². The first kappa shape index (κ1) is 10.5. The van der Waals surface area contributed by atoms with Crippen molar-refractivity contribution in [3.05, 3.63) is 41.6 Å². The second kappa shape index (κ2) is 3.96. The Morgan fingerprint density at radius 3 is 3.06 bits per heavy atom. The van der Waals surface area contributed by atoms with Crippen LogP contribution < -0.4 is 5.32 Å². The van der Waals surface area contributed by atoms with Crippen molar-refractivity contribution in [1.82, 2.24) is 14.9 Å². The van der Waals surface area contributed by atoms with Crippen molar-refractivity contribution in [2.75, 3.05) is 6.54 Å². The first-order valence-electron chi connectivity index (χ1n) is 5.77. The average molecular weight is 231 g/mol. The molecule has 1 aliphatic heterocycles. The number of hydrogen-bond acceptors (Lipinski definition) is 2. The Hall–Kier alpha value is -1.68. The molecule has 1 aromatic heterocycles. The van der Waals surface area contributed by atoms with Crippen LogP contribution in [0.2, 0.25) is 0 Å². The zero-order valence-electron chi connectivity index (χ0n) is 9.70. The van der Waals surface area contributed by atoms with Gasteiger partial charge in [-0.25, -0.2) is 9.37 Å². The van der Waals surface area contributed by atoms with Gasteiger partial charge < -0.3 is 9.88 Å². The fraction of sp³-hybridized carbons (Fsp3) is 0.308. The summed E-state index contributed by atoms with van der Waals surface area (Å²) in [4.78, 5) is 4.53. The average Bonchev–Trinajstić information content (AvgIpc) is 2.76. The molecule has 0 bridgehead atoms. The molecule has 0 radical (unpaired) electrons. The van der Waals surface area contributed by atoms with Crippen molar-refractivity contribution in [2.45, 2.75) is 20.0 Å². The van der Waals surface area contributed by atoms with Gasteiger partial charge in [0.15, 0.2) is 0 Å². The Labute approximate surface area is 99.3 Å². The standard InChI is InChI=1S/C13H14FN3/c1-9-2-3-10(6-11(9)14)12-8-17-5-4-15-7-13(17)16-12/h2-3,6,8,15H,4-5,7H2,1H3. The molecule has 0 amide bonds. The summed E-state index contributed by atoms with van der Waals surface area (Å²) in [6.45, 7) is 4.44. The molecule has 0 aliphatic carbocycles. The van der Waals surface area contributed by atoms with E-state index in [0.29, 0.717) is 5.56 Å². The Morgan fingerprint density at radius 2 is 2.29 bits per heavy atom. The van der Waals surface area contributed by atoms with E-state index in [2.05, 4.69) is 14.9 Å². The number of aromatic nitrogens is 2. The van der Waals surface area contributed by atoms with E-state index < -0.39 is 0 Å². The number of nitrogens with one attached hydrogen (secondary N) is 1. The van der Waals surface area contributed by atoms with E-state index in [1.807, 2.05) is 12.3 Å². The van der Waals surface area contributed by atoms with E-state index in [9.17, 15) is 4.39 Å². The quantitative estimate of drug-likeness (QED) is 0.814. The third kappa shape index (κ3) is 1.85. The molecule has 17 heavy (non-hydrogen) atoms. The van der Waals surface area contributed by atoms with Crippen molar-refractivity contribution in [3.63, 3.8) is 0 Å². The smallest absolute Gasteiger partial charge is 0.126 e. The van der Waals surface area contributed by atoms with Gasteiger partial charge in [0.2, 0.25) is 0 Å². The lowest BCUT2D eigenvalue weighted by Crippen LogP contribution is -2.27. The van der Waals surface area contributed by atoms with Crippen molar-refractivity contribution in [1.29, 1.82) is 0 Å². The number of fused-ring (bicyclic) bond motifs is 1. The van der Waals surface area contributed by atoms with Gasteiger partial charge in [0.05, 0.1) is 12.2 Å². The molecule has 0 saturated heterocycles. The minimum atomic E-state index is -0.174. The van der Waals surface area contributed by atoms with E-state index >= 15 is 0 Å². The van der Waals surface area contributed by atoms with E-state index in [1.165, 1.54) is 0 Å². The molecule has 0 saturated carbocycles. The van der Waals surface area contributed by atoms with Crippen LogP contribution in [0.1, 0.15) is 11.4 Å². The molecule has 0 atom stereocenters. The molecule has 0 unspecified atom stereocenters. The summed E-state index contributed by atoms with van der Waals surface area (Å²) < 4.78 is 15.6. The molecule has 1 aromatic carbocycles. The zero-order chi connectivity index (χ0) is 11.8. The summed E-state index contributed by atoms with van der Waals surface area (Å²) in [6, 6.07) is 5.26. The topological polar surface area (TPSA) is 29.9 Å². The normalized spacial score (nSPS) is 14.7. The lowest BCUT2D eigenvalue weighted by molar-refractivity contribution is 0.505. The predicted molar refractivity (Wildman–Crippen MR) is 64.1 cm³/mol. The Kier molecular flexibility index (Phi) is 2.44. The van der Waals surface area contributed by atoms with Gasteiger partial charge in [0.1, 0.15) is 11.6 Å². The molecule has 3 rings (SSSR count). The van der Waals surface area contributed by atoms with Gasteiger partial charge >= 0.3 is 0 Å². The molecular weight excluding hydrogens is 217 g/mol. The fourth-order valence-electron chi connectivity index (χ4n) is 2.08. The number of aryl methyl sites for hydroxylation is 1. The predicted octanol–water partition coefficient (Wildman–Crippen LogP) is 2.10. The van der Waals surface area contributed by atoms with E-state index in [4.69, 9.17) is 0 Å². The molecule has 1 N–H and O–H groups in total. The van der Waals surface area contributed by atoms with Crippen LogP contribution in [-0.4, -0.2) is 16.1 Å². The van der Waals surface area contributed by atoms with Crippen LogP contribution in [0.25, 0.3) is 11.3 Å². The number of rotatable bonds is 1. The largest absolute Gasteiger partial charge is 0.332 e. The molecule has 3 nitrogen and oxygen atoms in total. The summed E-state index contributed by atoms with van der Waals surface area (Å²) in [5, 5.41) is 3.27. The number of imidazole rings is 1. The number of halogens is 1. The van der Waals surface area contributed by atoms with Gasteiger partial charge in [-0.3, -0.25) is 0 Å². The minimum Gasteiger partial charge on any atom is -0.332 e. The van der Waals surface area contributed by atoms with Crippen molar-refractivity contribution in [3.8, 4) is 11.3 Å². The second-order valence-electron chi connectivity index (χ2n) is 4.38. The first-order valence-corrected chi connectivity index (χ1v) is 5.77. The van der Waals surface area contributed by atoms with E-state index in [-0.39, 0.29) is 5.82 Å². The third-order valence-corrected chi connectivity index (χ3v) is 3.14. The van der Waals surface area contributed by atoms with Crippen molar-refractivity contribution < 1.29 is 4.39 Å². The summed E-state index contributed by atoms with van der Waals surface area (Å²) in [5.74, 6) is 0.846. The summed E-state index contributed by atoms with van der Waals surface area (Å²) in [6.07, 6.45) is 2.00. The molecule has 88 valence electrons. The monoisotopic (exact) mass is 231 g/mol. The summed E-state index contributed by atoms with van der Waals surface area (Å²) >= 11 is 0. The van der Waals surface area contributed by atoms with Gasteiger partial charge in [-0.1, -0.05) is 12.1 Å². The van der Waals surface area contributed by atoms with E-state index in [0.717, 1.165) is 36.7 Å². The van der Waals surface area contributed by atoms with Crippen LogP contribution >= 0.6 is 0 Å². The maximum atomic E-state index is 13.5. The second-order valence-corrected chi connectivity index (χ2v) is 4.38. The number of nitrogens with zero attached hydrogens (tertiary/aromatic N) is 2. The highest BCUT2D eigenvalue weighted by Crippen LogP contribution is 2.22. The van der Waals surface area contributed by atoms with Crippen LogP contribution in [0.3, 0.4) is 0 Å². The zero-order valence-corrected chi connectivity index (χ0v) is 9.70. The van der Waals surface area contributed by atoms with Crippen LogP contribution in [0.5, 0.6) is 0 Å². The lowest BCUT2D eigenvalue weighted by atomic mass is 10.1. The lowest BCUT2D eigenvalue weighted by Gasteiger charge is -2.13. The number of hydrogen-bond donors (Lipinski definition) is 1. The maximum Gasteiger partial charge on any atom is 0.126 e. The Bertz CT molecular complexity index is 536. The molecule has 0 fully saturated rings. The Morgan fingerprint density at radius 1 is 1.41 bits per heavy atom. The number of benzene rings is 1.